The first-order chi connectivity index (χ1) is 18.5. The third-order valence-electron chi connectivity index (χ3n) is 5.77. The first kappa shape index (κ1) is 30.1. The molecule has 212 valence electrons. The molecule has 0 saturated heterocycles. The molecule has 0 amide bonds. The Morgan fingerprint density at radius 2 is 1.92 bits per heavy atom. The van der Waals surface area contributed by atoms with E-state index in [1.54, 1.807) is 31.4 Å². The van der Waals surface area contributed by atoms with Crippen molar-refractivity contribution in [1.82, 2.24) is 5.48 Å². The van der Waals surface area contributed by atoms with Gasteiger partial charge in [0.15, 0.2) is 6.54 Å². The highest BCUT2D eigenvalue weighted by atomic mass is 35.5. The van der Waals surface area contributed by atoms with E-state index in [1.165, 1.54) is 11.8 Å². The summed E-state index contributed by atoms with van der Waals surface area (Å²) in [5.41, 5.74) is 4.15. The highest BCUT2D eigenvalue weighted by molar-refractivity contribution is 8.04. The Kier molecular flexibility index (Phi) is 9.81. The molecule has 0 fully saturated rings. The smallest absolute Gasteiger partial charge is 0.283 e. The van der Waals surface area contributed by atoms with Crippen LogP contribution in [0, 0.1) is 0 Å². The number of rotatable bonds is 13. The number of methoxy groups -OCH3 is 1. The van der Waals surface area contributed by atoms with E-state index < -0.39 is 20.2 Å². The predicted octanol–water partition coefficient (Wildman–Crippen LogP) is 4.30. The zero-order valence-electron chi connectivity index (χ0n) is 21.3. The number of hydroxylamine groups is 1. The van der Waals surface area contributed by atoms with Gasteiger partial charge in [-0.3, -0.25) is 4.55 Å². The van der Waals surface area contributed by atoms with Crippen LogP contribution in [-0.2, 0) is 31.1 Å². The number of thiazole rings is 1. The van der Waals surface area contributed by atoms with Crippen molar-refractivity contribution in [3.8, 4) is 5.75 Å². The fraction of sp³-hybridized carbons (Fsp3) is 0.375. The molecular weight excluding hydrogens is 606 g/mol. The lowest BCUT2D eigenvalue weighted by molar-refractivity contribution is -0.668. The second-order valence-corrected chi connectivity index (χ2v) is 14.4. The quantitative estimate of drug-likeness (QED) is 0.160. The number of hydrogen-bond donors (Lipinski definition) is 2. The zero-order chi connectivity index (χ0) is 28.2. The Balaban J connectivity index is 1.69. The van der Waals surface area contributed by atoms with Crippen molar-refractivity contribution in [1.29, 1.82) is 0 Å². The fourth-order valence-corrected chi connectivity index (χ4v) is 7.87. The van der Waals surface area contributed by atoms with E-state index in [9.17, 15) is 21.4 Å². The first-order valence-corrected chi connectivity index (χ1v) is 17.3. The van der Waals surface area contributed by atoms with E-state index in [0.717, 1.165) is 30.8 Å². The first-order valence-electron chi connectivity index (χ1n) is 12.1. The average molecular weight is 635 g/mol. The van der Waals surface area contributed by atoms with Gasteiger partial charge in [0.25, 0.3) is 25.2 Å². The van der Waals surface area contributed by atoms with E-state index >= 15 is 0 Å². The van der Waals surface area contributed by atoms with Crippen LogP contribution in [0.5, 0.6) is 5.75 Å². The standard InChI is InChI=1S/C24H28ClN3O7S4/c1-3-26-35-39(32,33)13-5-11-28-20-15-18(34-2)7-9-22(20)37-24(28)16-23-27(10-4-12-38(29,30)31)19-14-17(25)6-8-21(19)36-23/h6-9,14-16,26H,3-5,10-13H2,1-2H3/p+1. The molecule has 1 aromatic heterocycles. The summed E-state index contributed by atoms with van der Waals surface area (Å²) in [6, 6.07) is 11.3. The molecule has 1 aliphatic rings. The summed E-state index contributed by atoms with van der Waals surface area (Å²) in [7, 11) is -6.23. The summed E-state index contributed by atoms with van der Waals surface area (Å²) in [4.78, 5) is 2.96. The van der Waals surface area contributed by atoms with Crippen LogP contribution in [0.1, 0.15) is 24.8 Å². The van der Waals surface area contributed by atoms with Gasteiger partial charge in [0.1, 0.15) is 10.4 Å². The summed E-state index contributed by atoms with van der Waals surface area (Å²) in [6.07, 6.45) is 2.54. The van der Waals surface area contributed by atoms with Gasteiger partial charge in [-0.1, -0.05) is 41.6 Å². The lowest BCUT2D eigenvalue weighted by atomic mass is 10.2. The topological polar surface area (TPSA) is 126 Å². The van der Waals surface area contributed by atoms with Crippen molar-refractivity contribution in [3.63, 3.8) is 0 Å². The SMILES string of the molecule is CCNOS(=O)(=O)CCC[n+]1c(C=C2Sc3ccc(Cl)cc3N2CCCS(=O)(=O)O)sc2ccc(OC)cc21. The monoisotopic (exact) mass is 634 g/mol. The van der Waals surface area contributed by atoms with Crippen LogP contribution in [0.15, 0.2) is 46.3 Å². The van der Waals surface area contributed by atoms with E-state index in [1.807, 2.05) is 45.9 Å². The maximum atomic E-state index is 12.2. The van der Waals surface area contributed by atoms with E-state index in [2.05, 4.69) is 5.48 Å². The van der Waals surface area contributed by atoms with Gasteiger partial charge < -0.3 is 9.64 Å². The van der Waals surface area contributed by atoms with E-state index in [0.29, 0.717) is 36.8 Å². The summed E-state index contributed by atoms with van der Waals surface area (Å²) in [6.45, 7) is 2.87. The van der Waals surface area contributed by atoms with Crippen LogP contribution in [0.3, 0.4) is 0 Å². The Morgan fingerprint density at radius 3 is 2.64 bits per heavy atom. The summed E-state index contributed by atoms with van der Waals surface area (Å²) >= 11 is 9.35. The predicted molar refractivity (Wildman–Crippen MR) is 155 cm³/mol. The fourth-order valence-electron chi connectivity index (χ4n) is 4.06. The molecule has 0 atom stereocenters. The van der Waals surface area contributed by atoms with Gasteiger partial charge in [-0.15, -0.1) is 0 Å². The molecule has 0 radical (unpaired) electrons. The third-order valence-corrected chi connectivity index (χ3v) is 10.2. The largest absolute Gasteiger partial charge is 0.497 e. The Bertz CT molecular complexity index is 1590. The Labute approximate surface area is 241 Å². The number of hydrogen-bond acceptors (Lipinski definition) is 10. The molecule has 0 spiro atoms. The van der Waals surface area contributed by atoms with Gasteiger partial charge in [0.2, 0.25) is 5.52 Å². The zero-order valence-corrected chi connectivity index (χ0v) is 25.3. The highest BCUT2D eigenvalue weighted by Crippen LogP contribution is 2.48. The van der Waals surface area contributed by atoms with Crippen molar-refractivity contribution < 1.29 is 35.0 Å². The molecule has 2 aromatic carbocycles. The van der Waals surface area contributed by atoms with Crippen LogP contribution in [0.2, 0.25) is 5.02 Å². The molecule has 0 bridgehead atoms. The second kappa shape index (κ2) is 12.7. The molecular formula is C24H29ClN3O7S4+. The van der Waals surface area contributed by atoms with Crippen LogP contribution in [-0.4, -0.2) is 53.1 Å². The van der Waals surface area contributed by atoms with Gasteiger partial charge in [0.05, 0.1) is 41.5 Å². The number of nitrogens with zero attached hydrogens (tertiary/aromatic N) is 2. The molecule has 0 aliphatic carbocycles. The van der Waals surface area contributed by atoms with Crippen LogP contribution in [0.4, 0.5) is 5.69 Å². The molecule has 0 unspecified atom stereocenters. The number of aromatic nitrogens is 1. The average Bonchev–Trinajstić information content (AvgIpc) is 3.38. The Hall–Kier alpha value is -1.91. The molecule has 39 heavy (non-hydrogen) atoms. The number of thioether (sulfide) groups is 1. The maximum absolute atomic E-state index is 12.2. The van der Waals surface area contributed by atoms with E-state index in [-0.39, 0.29) is 17.9 Å². The van der Waals surface area contributed by atoms with Gasteiger partial charge in [-0.05, 0) is 36.8 Å². The van der Waals surface area contributed by atoms with Gasteiger partial charge >= 0.3 is 0 Å². The van der Waals surface area contributed by atoms with Crippen molar-refractivity contribution >= 4 is 76.9 Å². The summed E-state index contributed by atoms with van der Waals surface area (Å²) in [5, 5.41) is 2.29. The van der Waals surface area contributed by atoms with Crippen molar-refractivity contribution in [2.45, 2.75) is 31.2 Å². The minimum atomic E-state index is -4.09. The molecule has 0 saturated carbocycles. The lowest BCUT2D eigenvalue weighted by Gasteiger charge is -2.20. The molecule has 3 aromatic rings. The lowest BCUT2D eigenvalue weighted by Crippen LogP contribution is -2.36. The minimum absolute atomic E-state index is 0.162. The molecule has 2 N–H and O–H groups in total. The minimum Gasteiger partial charge on any atom is -0.497 e. The number of anilines is 1. The van der Waals surface area contributed by atoms with Crippen molar-refractivity contribution in [3.05, 3.63) is 51.5 Å². The van der Waals surface area contributed by atoms with Crippen molar-refractivity contribution in [2.24, 2.45) is 0 Å². The van der Waals surface area contributed by atoms with Gasteiger partial charge in [-0.25, -0.2) is 0 Å². The molecule has 10 nitrogen and oxygen atoms in total. The maximum Gasteiger partial charge on any atom is 0.283 e. The molecule has 15 heteroatoms. The number of benzene rings is 2. The summed E-state index contributed by atoms with van der Waals surface area (Å²) in [5.74, 6) is 0.161. The van der Waals surface area contributed by atoms with Crippen LogP contribution in [0.25, 0.3) is 16.3 Å². The third kappa shape index (κ3) is 7.85. The van der Waals surface area contributed by atoms with Crippen LogP contribution < -0.4 is 19.7 Å². The second-order valence-electron chi connectivity index (χ2n) is 8.61. The normalized spacial score (nSPS) is 14.9. The number of ether oxygens (including phenoxy) is 1. The molecule has 2 heterocycles. The number of halogens is 1. The number of fused-ring (bicyclic) bond motifs is 2. The highest BCUT2D eigenvalue weighted by Gasteiger charge is 2.29. The number of aryl methyl sites for hydroxylation is 1. The van der Waals surface area contributed by atoms with Crippen molar-refractivity contribution in [2.75, 3.05) is 36.6 Å². The van der Waals surface area contributed by atoms with Gasteiger partial charge in [0, 0.05) is 29.4 Å². The van der Waals surface area contributed by atoms with E-state index in [4.69, 9.17) is 20.6 Å². The summed E-state index contributed by atoms with van der Waals surface area (Å²) < 4.78 is 69.6. The molecule has 4 rings (SSSR count). The molecule has 1 aliphatic heterocycles. The Morgan fingerprint density at radius 1 is 1.13 bits per heavy atom. The van der Waals surface area contributed by atoms with Gasteiger partial charge in [-0.2, -0.15) is 31.2 Å². The van der Waals surface area contributed by atoms with Crippen LogP contribution >= 0.6 is 34.7 Å². The number of nitrogens with one attached hydrogen (secondary N) is 1.